The van der Waals surface area contributed by atoms with Gasteiger partial charge in [-0.25, -0.2) is 0 Å². The van der Waals surface area contributed by atoms with Crippen molar-refractivity contribution in [3.63, 3.8) is 0 Å². The number of thioether (sulfide) groups is 1. The standard InChI is InChI=1S/C15H19NS2/c1-11-6-7-12(2)13(9-11)14(16-3)10-18-15-5-4-8-17-15/h4-9,14,16H,10H2,1-3H3. The van der Waals surface area contributed by atoms with E-state index in [1.54, 1.807) is 0 Å². The number of rotatable bonds is 5. The molecule has 0 amide bonds. The topological polar surface area (TPSA) is 12.0 Å². The summed E-state index contributed by atoms with van der Waals surface area (Å²) in [5, 5.41) is 5.57. The molecule has 0 saturated heterocycles. The molecule has 0 aliphatic heterocycles. The maximum Gasteiger partial charge on any atom is 0.0599 e. The fourth-order valence-corrected chi connectivity index (χ4v) is 3.92. The first kappa shape index (κ1) is 13.7. The highest BCUT2D eigenvalue weighted by molar-refractivity contribution is 8.01. The summed E-state index contributed by atoms with van der Waals surface area (Å²) >= 11 is 3.74. The van der Waals surface area contributed by atoms with Crippen LogP contribution in [0.5, 0.6) is 0 Å². The van der Waals surface area contributed by atoms with Crippen molar-refractivity contribution in [2.24, 2.45) is 0 Å². The zero-order valence-corrected chi connectivity index (χ0v) is 12.7. The van der Waals surface area contributed by atoms with E-state index in [1.165, 1.54) is 20.9 Å². The fourth-order valence-electron chi connectivity index (χ4n) is 1.98. The molecule has 0 aliphatic rings. The molecule has 0 fully saturated rings. The normalized spacial score (nSPS) is 12.6. The van der Waals surface area contributed by atoms with Crippen LogP contribution in [0, 0.1) is 13.8 Å². The average Bonchev–Trinajstić information content (AvgIpc) is 2.87. The van der Waals surface area contributed by atoms with Gasteiger partial charge in [0.15, 0.2) is 0 Å². The molecular formula is C15H19NS2. The second-order valence-corrected chi connectivity index (χ2v) is 6.71. The fraction of sp³-hybridized carbons (Fsp3) is 0.333. The Balaban J connectivity index is 2.10. The monoisotopic (exact) mass is 277 g/mol. The molecule has 1 unspecified atom stereocenters. The van der Waals surface area contributed by atoms with Gasteiger partial charge in [0.05, 0.1) is 4.21 Å². The Hall–Kier alpha value is -0.770. The zero-order valence-electron chi connectivity index (χ0n) is 11.1. The summed E-state index contributed by atoms with van der Waals surface area (Å²) in [7, 11) is 2.04. The summed E-state index contributed by atoms with van der Waals surface area (Å²) in [5.74, 6) is 1.07. The van der Waals surface area contributed by atoms with Crippen LogP contribution in [0.15, 0.2) is 39.9 Å². The van der Waals surface area contributed by atoms with Crippen LogP contribution in [-0.2, 0) is 0 Å². The van der Waals surface area contributed by atoms with E-state index in [1.807, 2.05) is 30.1 Å². The molecule has 1 nitrogen and oxygen atoms in total. The first-order valence-corrected chi connectivity index (χ1v) is 7.98. The van der Waals surface area contributed by atoms with Crippen LogP contribution < -0.4 is 5.32 Å². The lowest BCUT2D eigenvalue weighted by Gasteiger charge is -2.18. The molecule has 1 aromatic heterocycles. The summed E-state index contributed by atoms with van der Waals surface area (Å²) in [6.45, 7) is 4.34. The third kappa shape index (κ3) is 3.37. The van der Waals surface area contributed by atoms with Crippen molar-refractivity contribution in [3.05, 3.63) is 52.4 Å². The maximum atomic E-state index is 3.43. The van der Waals surface area contributed by atoms with Gasteiger partial charge in [0, 0.05) is 11.8 Å². The first-order valence-electron chi connectivity index (χ1n) is 6.11. The minimum Gasteiger partial charge on any atom is -0.312 e. The van der Waals surface area contributed by atoms with Crippen LogP contribution in [0.3, 0.4) is 0 Å². The SMILES string of the molecule is CNC(CSc1cccs1)c1cc(C)ccc1C. The molecule has 96 valence electrons. The van der Waals surface area contributed by atoms with Crippen LogP contribution >= 0.6 is 23.1 Å². The molecule has 0 radical (unpaired) electrons. The Kier molecular flexibility index (Phi) is 4.87. The van der Waals surface area contributed by atoms with Gasteiger partial charge in [0.2, 0.25) is 0 Å². The first-order chi connectivity index (χ1) is 8.70. The third-order valence-corrected chi connectivity index (χ3v) is 5.27. The second kappa shape index (κ2) is 6.41. The Morgan fingerprint density at radius 2 is 2.11 bits per heavy atom. The minimum absolute atomic E-state index is 0.414. The number of hydrogen-bond acceptors (Lipinski definition) is 3. The van der Waals surface area contributed by atoms with E-state index in [9.17, 15) is 0 Å². The molecule has 0 bridgehead atoms. The predicted molar refractivity (Wildman–Crippen MR) is 82.8 cm³/mol. The molecule has 1 heterocycles. The van der Waals surface area contributed by atoms with E-state index < -0.39 is 0 Å². The number of aryl methyl sites for hydroxylation is 2. The van der Waals surface area contributed by atoms with Gasteiger partial charge < -0.3 is 5.32 Å². The molecule has 0 aliphatic carbocycles. The van der Waals surface area contributed by atoms with Crippen molar-refractivity contribution in [1.82, 2.24) is 5.32 Å². The minimum atomic E-state index is 0.414. The number of benzene rings is 1. The summed E-state index contributed by atoms with van der Waals surface area (Å²) in [5.41, 5.74) is 4.12. The summed E-state index contributed by atoms with van der Waals surface area (Å²) in [6, 6.07) is 11.4. The predicted octanol–water partition coefficient (Wildman–Crippen LogP) is 4.42. The largest absolute Gasteiger partial charge is 0.312 e. The van der Waals surface area contributed by atoms with Gasteiger partial charge in [-0.2, -0.15) is 0 Å². The van der Waals surface area contributed by atoms with Crippen molar-refractivity contribution in [2.75, 3.05) is 12.8 Å². The van der Waals surface area contributed by atoms with Crippen molar-refractivity contribution >= 4 is 23.1 Å². The smallest absolute Gasteiger partial charge is 0.0599 e. The lowest BCUT2D eigenvalue weighted by Crippen LogP contribution is -2.19. The van der Waals surface area contributed by atoms with E-state index in [2.05, 4.69) is 54.9 Å². The van der Waals surface area contributed by atoms with E-state index in [0.29, 0.717) is 6.04 Å². The molecule has 3 heteroatoms. The quantitative estimate of drug-likeness (QED) is 0.812. The maximum absolute atomic E-state index is 3.43. The van der Waals surface area contributed by atoms with Gasteiger partial charge in [0.25, 0.3) is 0 Å². The Labute approximate surface area is 118 Å². The van der Waals surface area contributed by atoms with Crippen molar-refractivity contribution in [2.45, 2.75) is 24.1 Å². The number of thiophene rings is 1. The van der Waals surface area contributed by atoms with Crippen LogP contribution in [-0.4, -0.2) is 12.8 Å². The lowest BCUT2D eigenvalue weighted by molar-refractivity contribution is 0.657. The van der Waals surface area contributed by atoms with Gasteiger partial charge in [-0.15, -0.1) is 23.1 Å². The Morgan fingerprint density at radius 3 is 2.78 bits per heavy atom. The van der Waals surface area contributed by atoms with Crippen LogP contribution in [0.25, 0.3) is 0 Å². The molecule has 18 heavy (non-hydrogen) atoms. The number of hydrogen-bond donors (Lipinski definition) is 1. The van der Waals surface area contributed by atoms with Crippen molar-refractivity contribution in [1.29, 1.82) is 0 Å². The van der Waals surface area contributed by atoms with Gasteiger partial charge in [-0.3, -0.25) is 0 Å². The third-order valence-electron chi connectivity index (χ3n) is 3.05. The van der Waals surface area contributed by atoms with E-state index >= 15 is 0 Å². The van der Waals surface area contributed by atoms with Gasteiger partial charge >= 0.3 is 0 Å². The highest BCUT2D eigenvalue weighted by atomic mass is 32.2. The lowest BCUT2D eigenvalue weighted by atomic mass is 10.0. The molecule has 0 spiro atoms. The average molecular weight is 277 g/mol. The van der Waals surface area contributed by atoms with Gasteiger partial charge in [0.1, 0.15) is 0 Å². The Bertz CT molecular complexity index is 491. The molecule has 2 rings (SSSR count). The van der Waals surface area contributed by atoms with E-state index in [0.717, 1.165) is 5.75 Å². The van der Waals surface area contributed by atoms with E-state index in [4.69, 9.17) is 0 Å². The summed E-state index contributed by atoms with van der Waals surface area (Å²) in [4.78, 5) is 0. The van der Waals surface area contributed by atoms with Crippen LogP contribution in [0.1, 0.15) is 22.7 Å². The molecular weight excluding hydrogens is 258 g/mol. The summed E-state index contributed by atoms with van der Waals surface area (Å²) < 4.78 is 1.39. The van der Waals surface area contributed by atoms with E-state index in [-0.39, 0.29) is 0 Å². The highest BCUT2D eigenvalue weighted by Crippen LogP contribution is 2.29. The Morgan fingerprint density at radius 1 is 1.28 bits per heavy atom. The number of nitrogens with one attached hydrogen (secondary N) is 1. The molecule has 1 aromatic carbocycles. The van der Waals surface area contributed by atoms with Crippen LogP contribution in [0.4, 0.5) is 0 Å². The zero-order chi connectivity index (χ0) is 13.0. The van der Waals surface area contributed by atoms with Crippen molar-refractivity contribution in [3.8, 4) is 0 Å². The molecule has 0 saturated carbocycles. The molecule has 1 atom stereocenters. The van der Waals surface area contributed by atoms with Gasteiger partial charge in [-0.1, -0.05) is 29.8 Å². The molecule has 2 aromatic rings. The van der Waals surface area contributed by atoms with Crippen LogP contribution in [0.2, 0.25) is 0 Å². The highest BCUT2D eigenvalue weighted by Gasteiger charge is 2.12. The van der Waals surface area contributed by atoms with Gasteiger partial charge in [-0.05, 0) is 43.5 Å². The molecule has 1 N–H and O–H groups in total. The second-order valence-electron chi connectivity index (χ2n) is 4.44. The van der Waals surface area contributed by atoms with Crippen molar-refractivity contribution < 1.29 is 0 Å². The summed E-state index contributed by atoms with van der Waals surface area (Å²) in [6.07, 6.45) is 0.